The molecule has 0 atom stereocenters. The van der Waals surface area contributed by atoms with Crippen LogP contribution in [0.3, 0.4) is 0 Å². The average Bonchev–Trinajstić information content (AvgIpc) is 2.63. The van der Waals surface area contributed by atoms with Gasteiger partial charge in [0.1, 0.15) is 0 Å². The number of anilines is 1. The molecule has 3 N–H and O–H groups in total. The van der Waals surface area contributed by atoms with E-state index >= 15 is 0 Å². The number of halogens is 4. The van der Waals surface area contributed by atoms with E-state index in [0.29, 0.717) is 5.02 Å². The highest BCUT2D eigenvalue weighted by atomic mass is 35.5. The third-order valence-electron chi connectivity index (χ3n) is 4.53. The molecule has 0 saturated heterocycles. The van der Waals surface area contributed by atoms with Gasteiger partial charge in [-0.25, -0.2) is 20.8 Å². The monoisotopic (exact) mass is 413 g/mol. The molecule has 11 heteroatoms. The number of amides is 2. The van der Waals surface area contributed by atoms with E-state index < -0.39 is 28.5 Å². The number of hydrogen-bond donors (Lipinski definition) is 2. The topological polar surface area (TPSA) is 101 Å². The van der Waals surface area contributed by atoms with Crippen LogP contribution in [0.4, 0.5) is 19.1 Å². The molecule has 0 aliphatic heterocycles. The van der Waals surface area contributed by atoms with Crippen LogP contribution in [-0.4, -0.2) is 33.0 Å². The normalized spacial score (nSPS) is 15.5. The van der Waals surface area contributed by atoms with E-state index in [2.05, 4.69) is 15.3 Å². The zero-order valence-electron chi connectivity index (χ0n) is 14.3. The quantitative estimate of drug-likeness (QED) is 0.454. The van der Waals surface area contributed by atoms with Crippen molar-refractivity contribution in [1.82, 2.24) is 15.0 Å². The minimum Gasteiger partial charge on any atom is -0.345 e. The van der Waals surface area contributed by atoms with Crippen molar-refractivity contribution in [3.05, 3.63) is 52.8 Å². The maximum atomic E-state index is 12.4. The molecule has 1 fully saturated rings. The predicted octanol–water partition coefficient (Wildman–Crippen LogP) is 3.03. The van der Waals surface area contributed by atoms with Crippen LogP contribution in [-0.2, 0) is 10.3 Å². The summed E-state index contributed by atoms with van der Waals surface area (Å²) in [6.07, 6.45) is -0.718. The van der Waals surface area contributed by atoms with Crippen molar-refractivity contribution >= 4 is 29.4 Å². The van der Waals surface area contributed by atoms with Crippen molar-refractivity contribution in [2.75, 3.05) is 5.32 Å². The average molecular weight is 414 g/mol. The first-order valence-corrected chi connectivity index (χ1v) is 8.57. The van der Waals surface area contributed by atoms with E-state index in [1.165, 1.54) is 0 Å². The van der Waals surface area contributed by atoms with Crippen LogP contribution in [0.2, 0.25) is 5.02 Å². The Kier molecular flexibility index (Phi) is 5.26. The lowest BCUT2D eigenvalue weighted by Crippen LogP contribution is -2.49. The van der Waals surface area contributed by atoms with Crippen LogP contribution in [0.1, 0.15) is 35.2 Å². The molecule has 1 aliphatic carbocycles. The molecule has 28 heavy (non-hydrogen) atoms. The molecule has 2 amide bonds. The highest BCUT2D eigenvalue weighted by Gasteiger charge is 2.44. The van der Waals surface area contributed by atoms with Crippen LogP contribution in [0.25, 0.3) is 0 Å². The Balaban J connectivity index is 1.77. The summed E-state index contributed by atoms with van der Waals surface area (Å²) in [5, 5.41) is 3.26. The largest absolute Gasteiger partial charge is 0.473 e. The van der Waals surface area contributed by atoms with Crippen molar-refractivity contribution in [3.8, 4) is 0 Å². The number of benzene rings is 1. The first kappa shape index (κ1) is 20.0. The van der Waals surface area contributed by atoms with E-state index in [0.717, 1.165) is 37.2 Å². The predicted molar refractivity (Wildman–Crippen MR) is 94.1 cm³/mol. The van der Waals surface area contributed by atoms with Gasteiger partial charge in [-0.3, -0.25) is 9.59 Å². The van der Waals surface area contributed by atoms with E-state index in [9.17, 15) is 22.8 Å². The molecule has 3 rings (SSSR count). The second-order valence-electron chi connectivity index (χ2n) is 6.31. The molecule has 2 aromatic rings. The van der Waals surface area contributed by atoms with Crippen molar-refractivity contribution < 1.29 is 22.8 Å². The molecule has 148 valence electrons. The second-order valence-corrected chi connectivity index (χ2v) is 6.72. The fraction of sp³-hybridized carbons (Fsp3) is 0.294. The van der Waals surface area contributed by atoms with Gasteiger partial charge in [0.2, 0.25) is 5.95 Å². The number of hydrogen-bond acceptors (Lipinski definition) is 6. The number of nitrogens with two attached hydrogens (primary N) is 1. The molecule has 0 radical (unpaired) electrons. The number of aromatic nitrogens is 2. The molecule has 1 aromatic heterocycles. The van der Waals surface area contributed by atoms with Gasteiger partial charge in [-0.05, 0) is 30.9 Å². The molecule has 1 aliphatic rings. The summed E-state index contributed by atoms with van der Waals surface area (Å²) >= 11 is 6.29. The van der Waals surface area contributed by atoms with Crippen LogP contribution in [0, 0.1) is 0 Å². The van der Waals surface area contributed by atoms with E-state index in [4.69, 9.17) is 17.4 Å². The number of carbonyl (C=O) groups is 2. The summed E-state index contributed by atoms with van der Waals surface area (Å²) in [4.78, 5) is 30.9. The van der Waals surface area contributed by atoms with Crippen LogP contribution in [0.5, 0.6) is 0 Å². The van der Waals surface area contributed by atoms with Gasteiger partial charge in [0, 0.05) is 17.4 Å². The summed E-state index contributed by atoms with van der Waals surface area (Å²) in [6.45, 7) is 0. The molecule has 1 saturated carbocycles. The SMILES string of the molecule is NN(C(=O)c1cnc(NC2(c3ccccc3Cl)CCC2)nc1)C(=O)C(F)(F)F. The summed E-state index contributed by atoms with van der Waals surface area (Å²) < 4.78 is 37.2. The lowest BCUT2D eigenvalue weighted by atomic mass is 9.72. The number of alkyl halides is 3. The van der Waals surface area contributed by atoms with E-state index in [-0.39, 0.29) is 11.5 Å². The highest BCUT2D eigenvalue weighted by molar-refractivity contribution is 6.31. The Morgan fingerprint density at radius 1 is 1.18 bits per heavy atom. The van der Waals surface area contributed by atoms with Gasteiger partial charge in [-0.2, -0.15) is 13.2 Å². The Hall–Kier alpha value is -2.72. The van der Waals surface area contributed by atoms with Crippen molar-refractivity contribution in [2.24, 2.45) is 5.84 Å². The summed E-state index contributed by atoms with van der Waals surface area (Å²) in [5.41, 5.74) is 0.0670. The van der Waals surface area contributed by atoms with Gasteiger partial charge in [0.05, 0.1) is 11.1 Å². The number of hydrazine groups is 1. The molecule has 0 bridgehead atoms. The molecule has 1 aromatic carbocycles. The maximum Gasteiger partial charge on any atom is 0.473 e. The van der Waals surface area contributed by atoms with Gasteiger partial charge in [-0.15, -0.1) is 0 Å². The van der Waals surface area contributed by atoms with E-state index in [1.807, 2.05) is 18.2 Å². The van der Waals surface area contributed by atoms with Crippen molar-refractivity contribution in [3.63, 3.8) is 0 Å². The maximum absolute atomic E-state index is 12.4. The smallest absolute Gasteiger partial charge is 0.345 e. The lowest BCUT2D eigenvalue weighted by Gasteiger charge is -2.43. The third kappa shape index (κ3) is 3.78. The number of nitrogens with zero attached hydrogens (tertiary/aromatic N) is 3. The fourth-order valence-corrected chi connectivity index (χ4v) is 3.24. The minimum atomic E-state index is -5.27. The van der Waals surface area contributed by atoms with Gasteiger partial charge >= 0.3 is 12.1 Å². The number of nitrogens with one attached hydrogen (secondary N) is 1. The molecule has 1 heterocycles. The van der Waals surface area contributed by atoms with Crippen LogP contribution < -0.4 is 11.2 Å². The van der Waals surface area contributed by atoms with Crippen molar-refractivity contribution in [2.45, 2.75) is 31.0 Å². The number of rotatable bonds is 4. The minimum absolute atomic E-state index is 0.168. The van der Waals surface area contributed by atoms with E-state index in [1.54, 1.807) is 6.07 Å². The Labute approximate surface area is 162 Å². The van der Waals surface area contributed by atoms with Gasteiger partial charge in [-0.1, -0.05) is 29.8 Å². The Morgan fingerprint density at radius 2 is 1.79 bits per heavy atom. The zero-order chi connectivity index (χ0) is 20.5. The summed E-state index contributed by atoms with van der Waals surface area (Å²) in [5.74, 6) is 1.30. The number of imide groups is 1. The summed E-state index contributed by atoms with van der Waals surface area (Å²) in [6, 6.07) is 7.34. The zero-order valence-corrected chi connectivity index (χ0v) is 15.1. The van der Waals surface area contributed by atoms with Crippen molar-refractivity contribution in [1.29, 1.82) is 0 Å². The van der Waals surface area contributed by atoms with Crippen LogP contribution in [0.15, 0.2) is 36.7 Å². The first-order valence-electron chi connectivity index (χ1n) is 8.20. The highest BCUT2D eigenvalue weighted by Crippen LogP contribution is 2.45. The Morgan fingerprint density at radius 3 is 2.29 bits per heavy atom. The molecular formula is C17H15ClF3N5O2. The molecule has 0 spiro atoms. The second kappa shape index (κ2) is 7.36. The fourth-order valence-electron chi connectivity index (χ4n) is 2.93. The van der Waals surface area contributed by atoms with Gasteiger partial charge in [0.15, 0.2) is 0 Å². The standard InChI is InChI=1S/C17H15ClF3N5O2/c18-12-5-2-1-4-11(12)16(6-3-7-16)25-15-23-8-10(9-24-15)13(27)26(22)14(28)17(19,20)21/h1-2,4-5,8-9H,3,6-7,22H2,(H,23,24,25). The third-order valence-corrected chi connectivity index (χ3v) is 4.86. The lowest BCUT2D eigenvalue weighted by molar-refractivity contribution is -0.182. The summed E-state index contributed by atoms with van der Waals surface area (Å²) in [7, 11) is 0. The first-order chi connectivity index (χ1) is 13.1. The molecule has 7 nitrogen and oxygen atoms in total. The van der Waals surface area contributed by atoms with Crippen LogP contribution >= 0.6 is 11.6 Å². The van der Waals surface area contributed by atoms with Gasteiger partial charge in [0.25, 0.3) is 5.91 Å². The molecule has 0 unspecified atom stereocenters. The molecular weight excluding hydrogens is 399 g/mol. The van der Waals surface area contributed by atoms with Gasteiger partial charge < -0.3 is 5.32 Å². The Bertz CT molecular complexity index is 900. The number of carbonyl (C=O) groups excluding carboxylic acids is 2.